The van der Waals surface area contributed by atoms with Gasteiger partial charge in [-0.05, 0) is 37.0 Å². The van der Waals surface area contributed by atoms with E-state index in [9.17, 15) is 0 Å². The van der Waals surface area contributed by atoms with Crippen LogP contribution in [0.3, 0.4) is 0 Å². The lowest BCUT2D eigenvalue weighted by Crippen LogP contribution is -2.61. The number of hydrogen-bond acceptors (Lipinski definition) is 2. The Morgan fingerprint density at radius 2 is 1.72 bits per heavy atom. The third-order valence-electron chi connectivity index (χ3n) is 5.30. The highest BCUT2D eigenvalue weighted by Crippen LogP contribution is 2.36. The summed E-state index contributed by atoms with van der Waals surface area (Å²) in [6.07, 6.45) is 7.35. The molecule has 0 aromatic heterocycles. The van der Waals surface area contributed by atoms with Gasteiger partial charge in [-0.25, -0.2) is 0 Å². The summed E-state index contributed by atoms with van der Waals surface area (Å²) >= 11 is 0. The normalized spacial score (nSPS) is 32.5. The van der Waals surface area contributed by atoms with E-state index in [1.54, 1.807) is 0 Å². The molecule has 1 unspecified atom stereocenters. The standard InChI is InChI=1S/C16H30N2/c1-16(2,3)15-12-17(14-5-4-6-14)9-10-18(15)11-13-7-8-13/h13-15H,4-12H2,1-3H3. The number of hydrogen-bond donors (Lipinski definition) is 0. The zero-order chi connectivity index (χ0) is 12.8. The highest BCUT2D eigenvalue weighted by molar-refractivity contribution is 4.95. The fourth-order valence-corrected chi connectivity index (χ4v) is 3.60. The Kier molecular flexibility index (Phi) is 3.44. The molecule has 3 fully saturated rings. The van der Waals surface area contributed by atoms with Crippen LogP contribution in [0.15, 0.2) is 0 Å². The first-order valence-corrected chi connectivity index (χ1v) is 8.02. The molecule has 0 amide bonds. The predicted octanol–water partition coefficient (Wildman–Crippen LogP) is 2.98. The maximum atomic E-state index is 2.81. The summed E-state index contributed by atoms with van der Waals surface area (Å²) < 4.78 is 0. The fourth-order valence-electron chi connectivity index (χ4n) is 3.60. The molecular formula is C16H30N2. The van der Waals surface area contributed by atoms with Crippen molar-refractivity contribution in [2.75, 3.05) is 26.2 Å². The molecule has 1 saturated heterocycles. The lowest BCUT2D eigenvalue weighted by molar-refractivity contribution is -0.0188. The molecule has 2 heteroatoms. The molecule has 0 radical (unpaired) electrons. The second-order valence-corrected chi connectivity index (χ2v) is 7.90. The van der Waals surface area contributed by atoms with Crippen molar-refractivity contribution in [3.05, 3.63) is 0 Å². The Morgan fingerprint density at radius 1 is 1.00 bits per heavy atom. The predicted molar refractivity (Wildman–Crippen MR) is 76.8 cm³/mol. The molecule has 1 heterocycles. The van der Waals surface area contributed by atoms with Crippen LogP contribution in [0.25, 0.3) is 0 Å². The molecule has 3 aliphatic rings. The van der Waals surface area contributed by atoms with E-state index in [-0.39, 0.29) is 0 Å². The van der Waals surface area contributed by atoms with Gasteiger partial charge < -0.3 is 0 Å². The van der Waals surface area contributed by atoms with Crippen LogP contribution < -0.4 is 0 Å². The van der Waals surface area contributed by atoms with Gasteiger partial charge in [-0.15, -0.1) is 0 Å². The van der Waals surface area contributed by atoms with Crippen molar-refractivity contribution in [2.45, 2.75) is 65.0 Å². The average molecular weight is 250 g/mol. The van der Waals surface area contributed by atoms with Crippen LogP contribution in [0, 0.1) is 11.3 Å². The van der Waals surface area contributed by atoms with Gasteiger partial charge in [-0.3, -0.25) is 9.80 Å². The quantitative estimate of drug-likeness (QED) is 0.760. The molecule has 0 aromatic rings. The summed E-state index contributed by atoms with van der Waals surface area (Å²) in [4.78, 5) is 5.61. The van der Waals surface area contributed by atoms with Crippen LogP contribution in [0.1, 0.15) is 52.9 Å². The number of piperazine rings is 1. The molecule has 0 aromatic carbocycles. The van der Waals surface area contributed by atoms with Gasteiger partial charge in [0.1, 0.15) is 0 Å². The van der Waals surface area contributed by atoms with Crippen LogP contribution >= 0.6 is 0 Å². The van der Waals surface area contributed by atoms with Crippen molar-refractivity contribution in [2.24, 2.45) is 11.3 Å². The van der Waals surface area contributed by atoms with Crippen molar-refractivity contribution in [1.29, 1.82) is 0 Å². The summed E-state index contributed by atoms with van der Waals surface area (Å²) in [6.45, 7) is 12.6. The zero-order valence-electron chi connectivity index (χ0n) is 12.5. The fraction of sp³-hybridized carbons (Fsp3) is 1.00. The van der Waals surface area contributed by atoms with Crippen molar-refractivity contribution in [1.82, 2.24) is 9.80 Å². The highest BCUT2D eigenvalue weighted by atomic mass is 15.3. The molecule has 18 heavy (non-hydrogen) atoms. The van der Waals surface area contributed by atoms with Crippen LogP contribution in [0.2, 0.25) is 0 Å². The SMILES string of the molecule is CC(C)(C)C1CN(C2CCC2)CCN1CC1CC1. The smallest absolute Gasteiger partial charge is 0.0272 e. The summed E-state index contributed by atoms with van der Waals surface area (Å²) in [7, 11) is 0. The van der Waals surface area contributed by atoms with E-state index < -0.39 is 0 Å². The Bertz CT molecular complexity index is 286. The first-order valence-electron chi connectivity index (χ1n) is 8.02. The molecule has 2 saturated carbocycles. The lowest BCUT2D eigenvalue weighted by atomic mass is 9.82. The second-order valence-electron chi connectivity index (χ2n) is 7.90. The monoisotopic (exact) mass is 250 g/mol. The molecule has 1 aliphatic heterocycles. The van der Waals surface area contributed by atoms with E-state index in [4.69, 9.17) is 0 Å². The van der Waals surface area contributed by atoms with Gasteiger partial charge in [0, 0.05) is 38.3 Å². The summed E-state index contributed by atoms with van der Waals surface area (Å²) in [5, 5.41) is 0. The van der Waals surface area contributed by atoms with Crippen molar-refractivity contribution < 1.29 is 0 Å². The molecule has 0 spiro atoms. The maximum Gasteiger partial charge on any atom is 0.0272 e. The molecule has 2 nitrogen and oxygen atoms in total. The molecule has 0 N–H and O–H groups in total. The van der Waals surface area contributed by atoms with E-state index in [1.165, 1.54) is 58.3 Å². The maximum absolute atomic E-state index is 2.81. The third kappa shape index (κ3) is 2.75. The molecule has 1 atom stereocenters. The molecule has 3 rings (SSSR count). The van der Waals surface area contributed by atoms with E-state index in [0.29, 0.717) is 5.41 Å². The first kappa shape index (κ1) is 12.9. The van der Waals surface area contributed by atoms with Gasteiger partial charge in [0.05, 0.1) is 0 Å². The van der Waals surface area contributed by atoms with Gasteiger partial charge >= 0.3 is 0 Å². The number of rotatable bonds is 3. The first-order chi connectivity index (χ1) is 8.54. The Labute approximate surface area is 113 Å². The lowest BCUT2D eigenvalue weighted by Gasteiger charge is -2.51. The zero-order valence-corrected chi connectivity index (χ0v) is 12.5. The van der Waals surface area contributed by atoms with Crippen LogP contribution in [0.5, 0.6) is 0 Å². The van der Waals surface area contributed by atoms with E-state index >= 15 is 0 Å². The third-order valence-corrected chi connectivity index (χ3v) is 5.30. The number of nitrogens with zero attached hydrogens (tertiary/aromatic N) is 2. The minimum atomic E-state index is 0.428. The molecular weight excluding hydrogens is 220 g/mol. The average Bonchev–Trinajstić information content (AvgIpc) is 3.00. The van der Waals surface area contributed by atoms with Gasteiger partial charge in [-0.2, -0.15) is 0 Å². The Hall–Kier alpha value is -0.0800. The molecule has 2 aliphatic carbocycles. The van der Waals surface area contributed by atoms with Gasteiger partial charge in [0.25, 0.3) is 0 Å². The van der Waals surface area contributed by atoms with Crippen LogP contribution in [0.4, 0.5) is 0 Å². The van der Waals surface area contributed by atoms with Crippen LogP contribution in [-0.2, 0) is 0 Å². The minimum absolute atomic E-state index is 0.428. The van der Waals surface area contributed by atoms with E-state index in [1.807, 2.05) is 0 Å². The van der Waals surface area contributed by atoms with Gasteiger partial charge in [0.15, 0.2) is 0 Å². The van der Waals surface area contributed by atoms with Crippen molar-refractivity contribution in [3.8, 4) is 0 Å². The molecule has 104 valence electrons. The largest absolute Gasteiger partial charge is 0.298 e. The molecule has 0 bridgehead atoms. The summed E-state index contributed by atoms with van der Waals surface area (Å²) in [5.41, 5.74) is 0.428. The van der Waals surface area contributed by atoms with Crippen molar-refractivity contribution >= 4 is 0 Å². The summed E-state index contributed by atoms with van der Waals surface area (Å²) in [5.74, 6) is 1.03. The van der Waals surface area contributed by atoms with Crippen molar-refractivity contribution in [3.63, 3.8) is 0 Å². The topological polar surface area (TPSA) is 6.48 Å². The van der Waals surface area contributed by atoms with E-state index in [0.717, 1.165) is 18.0 Å². The highest BCUT2D eigenvalue weighted by Gasteiger charge is 2.40. The minimum Gasteiger partial charge on any atom is -0.298 e. The van der Waals surface area contributed by atoms with Crippen LogP contribution in [-0.4, -0.2) is 48.1 Å². The van der Waals surface area contributed by atoms with E-state index in [2.05, 4.69) is 30.6 Å². The Balaban J connectivity index is 1.64. The van der Waals surface area contributed by atoms with Gasteiger partial charge in [0.2, 0.25) is 0 Å². The second kappa shape index (κ2) is 4.79. The summed E-state index contributed by atoms with van der Waals surface area (Å²) in [6, 6.07) is 1.70. The van der Waals surface area contributed by atoms with Gasteiger partial charge in [-0.1, -0.05) is 27.2 Å². The Morgan fingerprint density at radius 3 is 2.22 bits per heavy atom.